The second-order valence-electron chi connectivity index (χ2n) is 8.27. The van der Waals surface area contributed by atoms with Crippen molar-refractivity contribution < 1.29 is 40.6 Å². The Hall–Kier alpha value is -4.22. The SMILES string of the molecule is O=C(Nc1ccc2c(c1)C(F)(F)C(F)(F)O2)N1CC(c2ccccc2)C(c2ccc(OC(F)F)cc2)=N1. The van der Waals surface area contributed by atoms with E-state index >= 15 is 0 Å². The summed E-state index contributed by atoms with van der Waals surface area (Å²) in [6.07, 6.45) is -4.70. The van der Waals surface area contributed by atoms with Gasteiger partial charge in [0.05, 0.1) is 17.8 Å². The third kappa shape index (κ3) is 4.54. The standard InChI is InChI=1S/C25H17F6N3O3/c26-22(27)36-17-9-6-15(7-10-17)21-18(14-4-2-1-3-5-14)13-34(33-21)23(35)32-16-8-11-20-19(12-16)24(28,29)25(30,31)37-20/h1-12,18,22H,13H2,(H,32,35). The number of fused-ring (bicyclic) bond motifs is 1. The van der Waals surface area contributed by atoms with Gasteiger partial charge < -0.3 is 14.8 Å². The van der Waals surface area contributed by atoms with Gasteiger partial charge in [0, 0.05) is 11.6 Å². The molecule has 2 heterocycles. The summed E-state index contributed by atoms with van der Waals surface area (Å²) in [5.74, 6) is -5.70. The van der Waals surface area contributed by atoms with Crippen LogP contribution in [0.15, 0.2) is 77.9 Å². The Morgan fingerprint density at radius 2 is 1.73 bits per heavy atom. The minimum atomic E-state index is -4.70. The fourth-order valence-corrected chi connectivity index (χ4v) is 4.13. The molecule has 2 aliphatic rings. The maximum absolute atomic E-state index is 14.0. The summed E-state index contributed by atoms with van der Waals surface area (Å²) in [6.45, 7) is -2.91. The average Bonchev–Trinajstić information content (AvgIpc) is 3.37. The van der Waals surface area contributed by atoms with E-state index in [-0.39, 0.29) is 18.0 Å². The van der Waals surface area contributed by atoms with Gasteiger partial charge in [-0.1, -0.05) is 30.3 Å². The highest BCUT2D eigenvalue weighted by molar-refractivity contribution is 6.08. The third-order valence-electron chi connectivity index (χ3n) is 5.90. The van der Waals surface area contributed by atoms with Crippen LogP contribution in [0.5, 0.6) is 11.5 Å². The maximum Gasteiger partial charge on any atom is 0.469 e. The van der Waals surface area contributed by atoms with E-state index in [1.54, 1.807) is 12.1 Å². The van der Waals surface area contributed by atoms with Gasteiger partial charge in [0.25, 0.3) is 0 Å². The van der Waals surface area contributed by atoms with Crippen LogP contribution in [0.3, 0.4) is 0 Å². The Morgan fingerprint density at radius 3 is 2.41 bits per heavy atom. The number of urea groups is 1. The molecule has 1 unspecified atom stereocenters. The van der Waals surface area contributed by atoms with Crippen molar-refractivity contribution >= 4 is 17.4 Å². The largest absolute Gasteiger partial charge is 0.469 e. The van der Waals surface area contributed by atoms with Crippen LogP contribution in [-0.4, -0.2) is 36.0 Å². The van der Waals surface area contributed by atoms with Crippen LogP contribution >= 0.6 is 0 Å². The lowest BCUT2D eigenvalue weighted by Crippen LogP contribution is -2.37. The van der Waals surface area contributed by atoms with Gasteiger partial charge in [-0.3, -0.25) is 0 Å². The topological polar surface area (TPSA) is 63.2 Å². The molecule has 1 atom stereocenters. The molecule has 0 saturated carbocycles. The number of hydrazone groups is 1. The van der Waals surface area contributed by atoms with Gasteiger partial charge in [0.1, 0.15) is 11.5 Å². The van der Waals surface area contributed by atoms with Gasteiger partial charge in [-0.05, 0) is 53.6 Å². The molecule has 2 aliphatic heterocycles. The lowest BCUT2D eigenvalue weighted by molar-refractivity contribution is -0.296. The number of ether oxygens (including phenoxy) is 2. The number of carbonyl (C=O) groups excluding carboxylic acids is 1. The Bertz CT molecular complexity index is 1350. The highest BCUT2D eigenvalue weighted by Crippen LogP contribution is 2.53. The number of anilines is 1. The lowest BCUT2D eigenvalue weighted by atomic mass is 9.90. The summed E-state index contributed by atoms with van der Waals surface area (Å²) in [7, 11) is 0. The molecule has 5 rings (SSSR count). The molecule has 192 valence electrons. The number of alkyl halides is 6. The van der Waals surface area contributed by atoms with Crippen LogP contribution in [0, 0.1) is 0 Å². The molecular weight excluding hydrogens is 504 g/mol. The number of carbonyl (C=O) groups is 1. The number of benzene rings is 3. The van der Waals surface area contributed by atoms with Gasteiger partial charge in [-0.15, -0.1) is 0 Å². The summed E-state index contributed by atoms with van der Waals surface area (Å²) >= 11 is 0. The van der Waals surface area contributed by atoms with Crippen LogP contribution in [0.1, 0.15) is 22.6 Å². The van der Waals surface area contributed by atoms with E-state index in [9.17, 15) is 31.1 Å². The number of nitrogens with zero attached hydrogens (tertiary/aromatic N) is 2. The Balaban J connectivity index is 1.40. The highest BCUT2D eigenvalue weighted by Gasteiger charge is 2.66. The summed E-state index contributed by atoms with van der Waals surface area (Å²) in [5, 5.41) is 7.86. The summed E-state index contributed by atoms with van der Waals surface area (Å²) < 4.78 is 88.5. The summed E-state index contributed by atoms with van der Waals surface area (Å²) in [5.41, 5.74) is 0.620. The van der Waals surface area contributed by atoms with Crippen LogP contribution in [-0.2, 0) is 5.92 Å². The predicted molar refractivity (Wildman–Crippen MR) is 120 cm³/mol. The van der Waals surface area contributed by atoms with Crippen molar-refractivity contribution in [3.8, 4) is 11.5 Å². The first-order valence-corrected chi connectivity index (χ1v) is 10.9. The Morgan fingerprint density at radius 1 is 1.03 bits per heavy atom. The van der Waals surface area contributed by atoms with Crippen molar-refractivity contribution in [3.63, 3.8) is 0 Å². The van der Waals surface area contributed by atoms with E-state index in [1.165, 1.54) is 24.3 Å². The van der Waals surface area contributed by atoms with E-state index < -0.39 is 41.9 Å². The van der Waals surface area contributed by atoms with E-state index in [0.717, 1.165) is 28.8 Å². The molecule has 0 fully saturated rings. The first-order chi connectivity index (χ1) is 17.5. The number of hydrogen-bond donors (Lipinski definition) is 1. The zero-order valence-corrected chi connectivity index (χ0v) is 18.7. The maximum atomic E-state index is 14.0. The van der Waals surface area contributed by atoms with Gasteiger partial charge in [0.15, 0.2) is 0 Å². The molecule has 0 saturated heterocycles. The number of rotatable bonds is 5. The van der Waals surface area contributed by atoms with Crippen LogP contribution in [0.25, 0.3) is 0 Å². The quantitative estimate of drug-likeness (QED) is 0.396. The van der Waals surface area contributed by atoms with Crippen molar-refractivity contribution in [1.82, 2.24) is 5.01 Å². The minimum Gasteiger partial charge on any atom is -0.435 e. The van der Waals surface area contributed by atoms with Crippen LogP contribution in [0.2, 0.25) is 0 Å². The minimum absolute atomic E-state index is 0.0498. The zero-order valence-electron chi connectivity index (χ0n) is 18.7. The molecule has 0 spiro atoms. The molecule has 0 aliphatic carbocycles. The predicted octanol–water partition coefficient (Wildman–Crippen LogP) is 6.40. The average molecular weight is 521 g/mol. The van der Waals surface area contributed by atoms with Gasteiger partial charge in [-0.2, -0.15) is 31.4 Å². The molecule has 12 heteroatoms. The first-order valence-electron chi connectivity index (χ1n) is 10.9. The molecule has 0 aromatic heterocycles. The Labute approximate surface area is 206 Å². The second-order valence-corrected chi connectivity index (χ2v) is 8.27. The van der Waals surface area contributed by atoms with E-state index in [0.29, 0.717) is 11.3 Å². The molecule has 6 nitrogen and oxygen atoms in total. The fraction of sp³-hybridized carbons (Fsp3) is 0.200. The van der Waals surface area contributed by atoms with Crippen molar-refractivity contribution in [2.45, 2.75) is 24.6 Å². The lowest BCUT2D eigenvalue weighted by Gasteiger charge is -2.17. The molecule has 3 aromatic carbocycles. The highest BCUT2D eigenvalue weighted by atomic mass is 19.3. The van der Waals surface area contributed by atoms with Crippen LogP contribution < -0.4 is 14.8 Å². The number of hydrogen-bond acceptors (Lipinski definition) is 4. The molecule has 3 aromatic rings. The van der Waals surface area contributed by atoms with Gasteiger partial charge in [-0.25, -0.2) is 9.80 Å². The van der Waals surface area contributed by atoms with E-state index in [1.807, 2.05) is 18.2 Å². The number of nitrogens with one attached hydrogen (secondary N) is 1. The number of amides is 2. The first kappa shape index (κ1) is 24.5. The molecule has 37 heavy (non-hydrogen) atoms. The molecule has 1 N–H and O–H groups in total. The summed E-state index contributed by atoms with van der Waals surface area (Å²) in [6, 6.07) is 16.8. The van der Waals surface area contributed by atoms with Crippen molar-refractivity contribution in [2.24, 2.45) is 5.10 Å². The van der Waals surface area contributed by atoms with E-state index in [4.69, 9.17) is 0 Å². The molecule has 0 radical (unpaired) electrons. The Kier molecular flexibility index (Phi) is 5.97. The van der Waals surface area contributed by atoms with Gasteiger partial charge in [0.2, 0.25) is 0 Å². The van der Waals surface area contributed by atoms with Crippen molar-refractivity contribution in [2.75, 3.05) is 11.9 Å². The van der Waals surface area contributed by atoms with Crippen molar-refractivity contribution in [1.29, 1.82) is 0 Å². The molecular formula is C25H17F6N3O3. The normalized spacial score (nSPS) is 19.3. The molecule has 0 bridgehead atoms. The smallest absolute Gasteiger partial charge is 0.435 e. The fourth-order valence-electron chi connectivity index (χ4n) is 4.13. The second kappa shape index (κ2) is 9.02. The third-order valence-corrected chi connectivity index (χ3v) is 5.90. The summed E-state index contributed by atoms with van der Waals surface area (Å²) in [4.78, 5) is 13.0. The van der Waals surface area contributed by atoms with Gasteiger partial charge >= 0.3 is 24.7 Å². The monoisotopic (exact) mass is 521 g/mol. The molecule has 2 amide bonds. The van der Waals surface area contributed by atoms with Crippen molar-refractivity contribution in [3.05, 3.63) is 89.5 Å². The van der Waals surface area contributed by atoms with E-state index in [2.05, 4.69) is 19.9 Å². The zero-order chi connectivity index (χ0) is 26.4. The van der Waals surface area contributed by atoms with Crippen LogP contribution in [0.4, 0.5) is 36.8 Å². The number of halogens is 6.